The number of carbonyl (C=O) groups excluding carboxylic acids is 1. The van der Waals surface area contributed by atoms with E-state index in [1.807, 2.05) is 0 Å². The van der Waals surface area contributed by atoms with Crippen LogP contribution in [0.3, 0.4) is 0 Å². The monoisotopic (exact) mass is 377 g/mol. The third-order valence-electron chi connectivity index (χ3n) is 7.02. The summed E-state index contributed by atoms with van der Waals surface area (Å²) in [6, 6.07) is 0.471. The number of amidine groups is 1. The highest BCUT2D eigenvalue weighted by Gasteiger charge is 2.46. The van der Waals surface area contributed by atoms with Gasteiger partial charge in [-0.3, -0.25) is 9.79 Å². The summed E-state index contributed by atoms with van der Waals surface area (Å²) in [5, 5.41) is 4.03. The molecule has 0 aromatic heterocycles. The Morgan fingerprint density at radius 3 is 2.62 bits per heavy atom. The zero-order valence-corrected chi connectivity index (χ0v) is 17.5. The smallest absolute Gasteiger partial charge is 0.242 e. The number of nitrogens with one attached hydrogen (secondary N) is 1. The van der Waals surface area contributed by atoms with Gasteiger partial charge < -0.3 is 10.2 Å². The van der Waals surface area contributed by atoms with Crippen molar-refractivity contribution in [2.45, 2.75) is 76.5 Å². The van der Waals surface area contributed by atoms with Crippen LogP contribution in [0.4, 0.5) is 0 Å². The molecule has 4 fully saturated rings. The van der Waals surface area contributed by atoms with Gasteiger partial charge >= 0.3 is 0 Å². The van der Waals surface area contributed by atoms with E-state index in [0.29, 0.717) is 12.0 Å². The van der Waals surface area contributed by atoms with Crippen LogP contribution in [0.5, 0.6) is 0 Å². The Hall–Kier alpha value is -0.550. The molecule has 5 heteroatoms. The van der Waals surface area contributed by atoms with Crippen molar-refractivity contribution in [1.29, 1.82) is 0 Å². The Balaban J connectivity index is 1.31. The summed E-state index contributed by atoms with van der Waals surface area (Å²) in [7, 11) is 0. The Bertz CT molecular complexity index is 570. The van der Waals surface area contributed by atoms with Crippen molar-refractivity contribution in [3.05, 3.63) is 0 Å². The number of amides is 1. The molecule has 146 valence electrons. The van der Waals surface area contributed by atoms with Crippen LogP contribution in [0.15, 0.2) is 4.99 Å². The first-order chi connectivity index (χ1) is 12.4. The third-order valence-corrected chi connectivity index (χ3v) is 8.22. The molecule has 1 N–H and O–H groups in total. The maximum Gasteiger partial charge on any atom is 0.242 e. The molecule has 0 spiro atoms. The number of carbonyl (C=O) groups is 1. The number of thioether (sulfide) groups is 1. The second-order valence-corrected chi connectivity index (χ2v) is 11.3. The molecule has 2 aliphatic heterocycles. The Morgan fingerprint density at radius 2 is 2.00 bits per heavy atom. The molecule has 2 saturated heterocycles. The van der Waals surface area contributed by atoms with Gasteiger partial charge in [0, 0.05) is 6.54 Å². The molecular weight excluding hydrogens is 342 g/mol. The van der Waals surface area contributed by atoms with E-state index in [4.69, 9.17) is 4.99 Å². The number of likely N-dealkylation sites (tertiary alicyclic amines) is 1. The maximum atomic E-state index is 12.7. The van der Waals surface area contributed by atoms with Crippen molar-refractivity contribution in [2.24, 2.45) is 28.7 Å². The largest absolute Gasteiger partial charge is 0.304 e. The van der Waals surface area contributed by atoms with Crippen LogP contribution >= 0.6 is 11.8 Å². The van der Waals surface area contributed by atoms with Crippen LogP contribution in [0.25, 0.3) is 0 Å². The van der Waals surface area contributed by atoms with Gasteiger partial charge in [-0.2, -0.15) is 0 Å². The molecule has 0 aromatic carbocycles. The Morgan fingerprint density at radius 1 is 1.23 bits per heavy atom. The van der Waals surface area contributed by atoms with Gasteiger partial charge in [0.1, 0.15) is 0 Å². The van der Waals surface area contributed by atoms with Gasteiger partial charge in [-0.15, -0.1) is 0 Å². The van der Waals surface area contributed by atoms with Crippen LogP contribution in [0.1, 0.15) is 65.7 Å². The van der Waals surface area contributed by atoms with Crippen molar-refractivity contribution < 1.29 is 4.79 Å². The number of nitrogens with zero attached hydrogens (tertiary/aromatic N) is 2. The highest BCUT2D eigenvalue weighted by atomic mass is 32.2. The molecule has 2 heterocycles. The molecule has 0 aromatic rings. The molecular formula is C21H35N3OS. The fourth-order valence-electron chi connectivity index (χ4n) is 5.67. The van der Waals surface area contributed by atoms with Crippen molar-refractivity contribution in [3.8, 4) is 0 Å². The summed E-state index contributed by atoms with van der Waals surface area (Å²) in [6.07, 6.45) is 8.82. The molecule has 1 unspecified atom stereocenters. The summed E-state index contributed by atoms with van der Waals surface area (Å²) in [5.74, 6) is 3.28. The van der Waals surface area contributed by atoms with E-state index in [0.717, 1.165) is 29.3 Å². The molecule has 2 bridgehead atoms. The second kappa shape index (κ2) is 7.46. The minimum atomic E-state index is -0.318. The van der Waals surface area contributed by atoms with Gasteiger partial charge in [-0.05, 0) is 82.2 Å². The molecule has 4 aliphatic rings. The van der Waals surface area contributed by atoms with Gasteiger partial charge in [0.15, 0.2) is 5.17 Å². The van der Waals surface area contributed by atoms with Crippen LogP contribution in [0.2, 0.25) is 0 Å². The average Bonchev–Trinajstić information content (AvgIpc) is 3.25. The van der Waals surface area contributed by atoms with Gasteiger partial charge in [0.2, 0.25) is 5.91 Å². The molecule has 0 radical (unpaired) electrons. The molecule has 2 saturated carbocycles. The van der Waals surface area contributed by atoms with E-state index in [1.165, 1.54) is 58.2 Å². The first kappa shape index (κ1) is 18.8. The Labute approximate surface area is 163 Å². The summed E-state index contributed by atoms with van der Waals surface area (Å²) in [5.41, 5.74) is 0. The molecule has 2 aliphatic carbocycles. The number of rotatable bonds is 5. The lowest BCUT2D eigenvalue weighted by molar-refractivity contribution is -0.121. The normalized spacial score (nSPS) is 40.1. The third kappa shape index (κ3) is 3.99. The minimum Gasteiger partial charge on any atom is -0.304 e. The van der Waals surface area contributed by atoms with Gasteiger partial charge in [-0.1, -0.05) is 32.0 Å². The summed E-state index contributed by atoms with van der Waals surface area (Å²) >= 11 is 1.72. The second-order valence-electron chi connectivity index (χ2n) is 9.81. The van der Waals surface area contributed by atoms with Crippen LogP contribution in [-0.2, 0) is 4.79 Å². The van der Waals surface area contributed by atoms with E-state index in [-0.39, 0.29) is 10.7 Å². The topological polar surface area (TPSA) is 44.7 Å². The summed E-state index contributed by atoms with van der Waals surface area (Å²) < 4.78 is -0.318. The summed E-state index contributed by atoms with van der Waals surface area (Å²) in [6.45, 7) is 10.3. The van der Waals surface area contributed by atoms with E-state index in [2.05, 4.69) is 31.0 Å². The molecule has 4 atom stereocenters. The number of piperidine rings is 1. The van der Waals surface area contributed by atoms with E-state index in [9.17, 15) is 4.79 Å². The van der Waals surface area contributed by atoms with E-state index in [1.54, 1.807) is 11.8 Å². The van der Waals surface area contributed by atoms with Gasteiger partial charge in [0.25, 0.3) is 0 Å². The zero-order chi connectivity index (χ0) is 18.3. The zero-order valence-electron chi connectivity index (χ0n) is 16.7. The van der Waals surface area contributed by atoms with Crippen molar-refractivity contribution >= 4 is 22.8 Å². The molecule has 26 heavy (non-hydrogen) atoms. The number of hydrogen-bond acceptors (Lipinski definition) is 4. The lowest BCUT2D eigenvalue weighted by Crippen LogP contribution is -2.40. The minimum absolute atomic E-state index is 0.189. The van der Waals surface area contributed by atoms with Crippen molar-refractivity contribution in [3.63, 3.8) is 0 Å². The predicted octanol–water partition coefficient (Wildman–Crippen LogP) is 3.91. The number of fused-ring (bicyclic) bond motifs is 2. The fourth-order valence-corrected chi connectivity index (χ4v) is 6.89. The predicted molar refractivity (Wildman–Crippen MR) is 109 cm³/mol. The SMILES string of the molecule is CC(C)CN1CCC(CC2(C)SC(=N[C@H]3C[C@@H]4CC[C@H]3C4)NC2=O)CC1. The first-order valence-electron chi connectivity index (χ1n) is 10.7. The lowest BCUT2D eigenvalue weighted by atomic mass is 9.87. The molecule has 4 rings (SSSR count). The van der Waals surface area contributed by atoms with Crippen LogP contribution in [0, 0.1) is 23.7 Å². The lowest BCUT2D eigenvalue weighted by Gasteiger charge is -2.35. The van der Waals surface area contributed by atoms with Crippen LogP contribution in [-0.4, -0.2) is 46.4 Å². The van der Waals surface area contributed by atoms with Crippen molar-refractivity contribution in [1.82, 2.24) is 10.2 Å². The van der Waals surface area contributed by atoms with E-state index < -0.39 is 0 Å². The highest BCUT2D eigenvalue weighted by Crippen LogP contribution is 2.47. The number of hydrogen-bond donors (Lipinski definition) is 1. The number of aliphatic imine (C=N–C) groups is 1. The summed E-state index contributed by atoms with van der Waals surface area (Å²) in [4.78, 5) is 20.3. The quantitative estimate of drug-likeness (QED) is 0.790. The van der Waals surface area contributed by atoms with Crippen molar-refractivity contribution in [2.75, 3.05) is 19.6 Å². The Kier molecular flexibility index (Phi) is 5.39. The average molecular weight is 378 g/mol. The van der Waals surface area contributed by atoms with Crippen LogP contribution < -0.4 is 5.32 Å². The first-order valence-corrected chi connectivity index (χ1v) is 11.5. The highest BCUT2D eigenvalue weighted by molar-refractivity contribution is 8.16. The maximum absolute atomic E-state index is 12.7. The van der Waals surface area contributed by atoms with Gasteiger partial charge in [0.05, 0.1) is 10.8 Å². The fraction of sp³-hybridized carbons (Fsp3) is 0.905. The van der Waals surface area contributed by atoms with Gasteiger partial charge in [-0.25, -0.2) is 0 Å². The van der Waals surface area contributed by atoms with E-state index >= 15 is 0 Å². The standard InChI is InChI=1S/C21H35N3OS/c1-14(2)13-24-8-6-15(7-9-24)12-21(3)19(25)23-20(26-21)22-18-11-16-4-5-17(18)10-16/h14-18H,4-13H2,1-3H3,(H,22,23,25)/t16-,17+,18+,21?/m1/s1. The molecule has 1 amide bonds. The molecule has 4 nitrogen and oxygen atoms in total.